The van der Waals surface area contributed by atoms with E-state index >= 15 is 0 Å². The third-order valence-corrected chi connectivity index (χ3v) is 5.44. The molecule has 2 amide bonds. The first kappa shape index (κ1) is 20.9. The van der Waals surface area contributed by atoms with Crippen LogP contribution in [0.2, 0.25) is 0 Å². The number of carbonyl (C=O) groups is 2. The molecule has 0 bridgehead atoms. The molecule has 0 unspecified atom stereocenters. The number of nitro benzene ring substituents is 1. The average Bonchev–Trinajstić information content (AvgIpc) is 3.18. The highest BCUT2D eigenvalue weighted by Gasteiger charge is 2.29. The molecule has 1 N–H and O–H groups in total. The number of likely N-dealkylation sites (tertiary alicyclic amines) is 1. The van der Waals surface area contributed by atoms with Crippen LogP contribution in [0.4, 0.5) is 5.69 Å². The Morgan fingerprint density at radius 3 is 2.31 bits per heavy atom. The number of benzene rings is 2. The molecule has 9 nitrogen and oxygen atoms in total. The number of carbonyl (C=O) groups excluding carboxylic acids is 2. The number of nitro groups is 1. The van der Waals surface area contributed by atoms with E-state index in [2.05, 4.69) is 10.3 Å². The Morgan fingerprint density at radius 1 is 1.03 bits per heavy atom. The Morgan fingerprint density at radius 2 is 1.69 bits per heavy atom. The highest BCUT2D eigenvalue weighted by molar-refractivity contribution is 6.20. The largest absolute Gasteiger partial charge is 0.338 e. The number of hydrogen-bond acceptors (Lipinski definition) is 6. The summed E-state index contributed by atoms with van der Waals surface area (Å²) in [6, 6.07) is 14.3. The molecule has 0 radical (unpaired) electrons. The van der Waals surface area contributed by atoms with Gasteiger partial charge in [-0.2, -0.15) is 5.26 Å². The van der Waals surface area contributed by atoms with Crippen molar-refractivity contribution in [1.82, 2.24) is 10.2 Å². The predicted octanol–water partition coefficient (Wildman–Crippen LogP) is 3.03. The summed E-state index contributed by atoms with van der Waals surface area (Å²) in [5.74, 6) is -0.641. The molecule has 2 aromatic carbocycles. The number of piperidine rings is 1. The van der Waals surface area contributed by atoms with Gasteiger partial charge in [-0.15, -0.1) is 0 Å². The number of amidine groups is 1. The number of fused-ring (bicyclic) bond motifs is 1. The standard InChI is InChI=1S/C23H19N5O4/c24-14-19(23(30)27-12-4-1-5-13-27)20-17-6-2-3-7-18(17)21(25-20)26-22(29)15-8-10-16(11-9-15)28(31)32/h2-3,6-11H,1,4-5,12-13H2,(H,25,26,29). The van der Waals surface area contributed by atoms with E-state index in [1.165, 1.54) is 24.3 Å². The van der Waals surface area contributed by atoms with Crippen molar-refractivity contribution in [1.29, 1.82) is 5.26 Å². The van der Waals surface area contributed by atoms with Gasteiger partial charge in [-0.1, -0.05) is 24.3 Å². The van der Waals surface area contributed by atoms with Gasteiger partial charge in [0.05, 0.1) is 10.6 Å². The molecule has 0 saturated carbocycles. The van der Waals surface area contributed by atoms with Crippen molar-refractivity contribution in [3.63, 3.8) is 0 Å². The zero-order chi connectivity index (χ0) is 22.7. The summed E-state index contributed by atoms with van der Waals surface area (Å²) in [5, 5.41) is 23.3. The number of nitrogens with zero attached hydrogens (tertiary/aromatic N) is 4. The smallest absolute Gasteiger partial charge is 0.269 e. The van der Waals surface area contributed by atoms with Crippen LogP contribution < -0.4 is 5.32 Å². The molecule has 9 heteroatoms. The molecular weight excluding hydrogens is 410 g/mol. The average molecular weight is 429 g/mol. The van der Waals surface area contributed by atoms with E-state index in [9.17, 15) is 25.0 Å². The molecule has 0 atom stereocenters. The Labute approximate surface area is 183 Å². The molecular formula is C23H19N5O4. The van der Waals surface area contributed by atoms with Gasteiger partial charge >= 0.3 is 0 Å². The summed E-state index contributed by atoms with van der Waals surface area (Å²) in [4.78, 5) is 42.1. The topological polar surface area (TPSA) is 129 Å². The molecule has 2 aromatic rings. The monoisotopic (exact) mass is 429 g/mol. The van der Waals surface area contributed by atoms with Gasteiger partial charge in [0.15, 0.2) is 0 Å². The Balaban J connectivity index is 1.67. The van der Waals surface area contributed by atoms with Gasteiger partial charge in [0, 0.05) is 41.9 Å². The van der Waals surface area contributed by atoms with Crippen LogP contribution in [-0.4, -0.2) is 40.6 Å². The summed E-state index contributed by atoms with van der Waals surface area (Å²) in [7, 11) is 0. The van der Waals surface area contributed by atoms with Gasteiger partial charge < -0.3 is 10.2 Å². The third kappa shape index (κ3) is 3.98. The van der Waals surface area contributed by atoms with E-state index in [1.807, 2.05) is 6.07 Å². The fraction of sp³-hybridized carbons (Fsp3) is 0.217. The third-order valence-electron chi connectivity index (χ3n) is 5.44. The Hall–Kier alpha value is -4.32. The molecule has 32 heavy (non-hydrogen) atoms. The first-order chi connectivity index (χ1) is 15.5. The zero-order valence-corrected chi connectivity index (χ0v) is 17.1. The van der Waals surface area contributed by atoms with Crippen LogP contribution >= 0.6 is 0 Å². The minimum atomic E-state index is -0.543. The second-order valence-electron chi connectivity index (χ2n) is 7.45. The lowest BCUT2D eigenvalue weighted by atomic mass is 10.0. The highest BCUT2D eigenvalue weighted by Crippen LogP contribution is 2.31. The van der Waals surface area contributed by atoms with Crippen molar-refractivity contribution < 1.29 is 14.5 Å². The van der Waals surface area contributed by atoms with Crippen LogP contribution in [0.15, 0.2) is 59.1 Å². The summed E-state index contributed by atoms with van der Waals surface area (Å²) in [6.07, 6.45) is 2.86. The van der Waals surface area contributed by atoms with Gasteiger partial charge in [0.25, 0.3) is 17.5 Å². The van der Waals surface area contributed by atoms with Crippen molar-refractivity contribution in [2.75, 3.05) is 13.1 Å². The summed E-state index contributed by atoms with van der Waals surface area (Å²) < 4.78 is 0. The van der Waals surface area contributed by atoms with Crippen molar-refractivity contribution in [2.45, 2.75) is 19.3 Å². The van der Waals surface area contributed by atoms with E-state index < -0.39 is 10.8 Å². The molecule has 1 fully saturated rings. The van der Waals surface area contributed by atoms with E-state index in [0.29, 0.717) is 24.2 Å². The van der Waals surface area contributed by atoms with Crippen LogP contribution in [0.25, 0.3) is 5.70 Å². The maximum Gasteiger partial charge on any atom is 0.269 e. The van der Waals surface area contributed by atoms with Gasteiger partial charge in [0.1, 0.15) is 17.5 Å². The van der Waals surface area contributed by atoms with E-state index in [-0.39, 0.29) is 34.3 Å². The van der Waals surface area contributed by atoms with Gasteiger partial charge in [-0.05, 0) is 31.4 Å². The van der Waals surface area contributed by atoms with Crippen LogP contribution in [0.1, 0.15) is 40.7 Å². The maximum absolute atomic E-state index is 13.0. The van der Waals surface area contributed by atoms with Crippen LogP contribution in [0.3, 0.4) is 0 Å². The highest BCUT2D eigenvalue weighted by atomic mass is 16.6. The Bertz CT molecular complexity index is 1200. The number of rotatable bonds is 3. The summed E-state index contributed by atoms with van der Waals surface area (Å²) in [6.45, 7) is 1.21. The SMILES string of the molecule is N#CC(C(=O)N1CCCCC1)=C1N=C(NC(=O)c2ccc([N+](=O)[O-])cc2)c2ccccc21. The van der Waals surface area contributed by atoms with Gasteiger partial charge in [-0.25, -0.2) is 4.99 Å². The molecule has 1 saturated heterocycles. The first-order valence-electron chi connectivity index (χ1n) is 10.2. The number of nitriles is 1. The number of amides is 2. The lowest BCUT2D eigenvalue weighted by molar-refractivity contribution is -0.384. The normalized spacial score (nSPS) is 16.5. The second kappa shape index (κ2) is 8.81. The lowest BCUT2D eigenvalue weighted by Gasteiger charge is -2.26. The number of aliphatic imine (C=N–C) groups is 1. The number of hydrogen-bond donors (Lipinski definition) is 1. The van der Waals surface area contributed by atoms with E-state index in [4.69, 9.17) is 0 Å². The number of nitrogens with one attached hydrogen (secondary N) is 1. The first-order valence-corrected chi connectivity index (χ1v) is 10.2. The predicted molar refractivity (Wildman–Crippen MR) is 117 cm³/mol. The summed E-state index contributed by atoms with van der Waals surface area (Å²) in [5.41, 5.74) is 1.46. The minimum Gasteiger partial charge on any atom is -0.338 e. The van der Waals surface area contributed by atoms with Gasteiger partial charge in [0.2, 0.25) is 0 Å². The quantitative estimate of drug-likeness (QED) is 0.347. The van der Waals surface area contributed by atoms with Gasteiger partial charge in [-0.3, -0.25) is 19.7 Å². The lowest BCUT2D eigenvalue weighted by Crippen LogP contribution is -2.36. The number of non-ortho nitro benzene ring substituents is 1. The van der Waals surface area contributed by atoms with Crippen molar-refractivity contribution in [2.24, 2.45) is 4.99 Å². The molecule has 160 valence electrons. The fourth-order valence-electron chi connectivity index (χ4n) is 3.79. The molecule has 2 aliphatic rings. The van der Waals surface area contributed by atoms with Crippen LogP contribution in [-0.2, 0) is 4.79 Å². The molecule has 4 rings (SSSR count). The molecule has 2 heterocycles. The van der Waals surface area contributed by atoms with Crippen LogP contribution in [0.5, 0.6) is 0 Å². The minimum absolute atomic E-state index is 0.0565. The second-order valence-corrected chi connectivity index (χ2v) is 7.45. The summed E-state index contributed by atoms with van der Waals surface area (Å²) >= 11 is 0. The van der Waals surface area contributed by atoms with Crippen molar-refractivity contribution in [3.8, 4) is 6.07 Å². The molecule has 0 spiro atoms. The molecule has 0 aromatic heterocycles. The van der Waals surface area contributed by atoms with E-state index in [0.717, 1.165) is 19.3 Å². The van der Waals surface area contributed by atoms with E-state index in [1.54, 1.807) is 29.2 Å². The Kier molecular flexibility index (Phi) is 5.77. The van der Waals surface area contributed by atoms with Crippen LogP contribution in [0, 0.1) is 21.4 Å². The zero-order valence-electron chi connectivity index (χ0n) is 17.1. The fourth-order valence-corrected chi connectivity index (χ4v) is 3.79. The van der Waals surface area contributed by atoms with Crippen molar-refractivity contribution >= 4 is 29.0 Å². The molecule has 0 aliphatic carbocycles. The molecule has 2 aliphatic heterocycles. The maximum atomic E-state index is 13.0. The van der Waals surface area contributed by atoms with Crippen molar-refractivity contribution in [3.05, 3.63) is 80.9 Å².